The second kappa shape index (κ2) is 4.65. The number of aryl methyl sites for hydroxylation is 1. The van der Waals surface area contributed by atoms with Gasteiger partial charge in [-0.25, -0.2) is 4.39 Å². The summed E-state index contributed by atoms with van der Waals surface area (Å²) in [7, 11) is 1.64. The van der Waals surface area contributed by atoms with E-state index >= 15 is 0 Å². The number of ether oxygens (including phenoxy) is 1. The number of benzene rings is 1. The summed E-state index contributed by atoms with van der Waals surface area (Å²) in [4.78, 5) is 0. The van der Waals surface area contributed by atoms with Crippen molar-refractivity contribution in [2.24, 2.45) is 5.73 Å². The second-order valence-electron chi connectivity index (χ2n) is 4.97. The van der Waals surface area contributed by atoms with E-state index in [0.29, 0.717) is 12.1 Å². The highest BCUT2D eigenvalue weighted by Gasteiger charge is 2.40. The summed E-state index contributed by atoms with van der Waals surface area (Å²) in [6.45, 7) is 2.40. The predicted molar refractivity (Wildman–Crippen MR) is 66.9 cm³/mol. The predicted octanol–water partition coefficient (Wildman–Crippen LogP) is 2.91. The Morgan fingerprint density at radius 3 is 2.59 bits per heavy atom. The lowest BCUT2D eigenvalue weighted by molar-refractivity contribution is 0.220. The van der Waals surface area contributed by atoms with Crippen molar-refractivity contribution in [3.05, 3.63) is 29.1 Å². The maximum atomic E-state index is 13.7. The third kappa shape index (κ3) is 2.04. The summed E-state index contributed by atoms with van der Waals surface area (Å²) < 4.78 is 19.1. The molecule has 0 spiro atoms. The van der Waals surface area contributed by atoms with Crippen LogP contribution in [-0.2, 0) is 5.41 Å². The van der Waals surface area contributed by atoms with Gasteiger partial charge in [-0.1, -0.05) is 6.42 Å². The Bertz CT molecular complexity index is 413. The molecule has 1 saturated carbocycles. The van der Waals surface area contributed by atoms with Gasteiger partial charge in [0, 0.05) is 11.0 Å². The minimum atomic E-state index is -0.149. The summed E-state index contributed by atoms with van der Waals surface area (Å²) in [5.41, 5.74) is 7.37. The van der Waals surface area contributed by atoms with E-state index < -0.39 is 0 Å². The van der Waals surface area contributed by atoms with E-state index in [1.54, 1.807) is 26.2 Å². The van der Waals surface area contributed by atoms with Crippen LogP contribution in [0, 0.1) is 12.7 Å². The molecule has 0 amide bonds. The molecular weight excluding hydrogens is 217 g/mol. The van der Waals surface area contributed by atoms with Crippen molar-refractivity contribution in [1.29, 1.82) is 0 Å². The molecule has 1 fully saturated rings. The third-order valence-corrected chi connectivity index (χ3v) is 3.99. The van der Waals surface area contributed by atoms with Crippen LogP contribution in [0.5, 0.6) is 5.75 Å². The van der Waals surface area contributed by atoms with Crippen molar-refractivity contribution in [1.82, 2.24) is 0 Å². The first-order valence-electron chi connectivity index (χ1n) is 6.17. The van der Waals surface area contributed by atoms with Gasteiger partial charge >= 0.3 is 0 Å². The van der Waals surface area contributed by atoms with Crippen LogP contribution < -0.4 is 10.5 Å². The topological polar surface area (TPSA) is 35.2 Å². The van der Waals surface area contributed by atoms with Crippen LogP contribution in [0.15, 0.2) is 12.1 Å². The Balaban J connectivity index is 2.45. The van der Waals surface area contributed by atoms with Crippen molar-refractivity contribution in [3.8, 4) is 5.75 Å². The molecule has 2 rings (SSSR count). The van der Waals surface area contributed by atoms with Crippen molar-refractivity contribution < 1.29 is 9.13 Å². The molecule has 1 aromatic rings. The number of halogens is 1. The van der Waals surface area contributed by atoms with E-state index in [1.165, 1.54) is 6.42 Å². The molecule has 0 aromatic heterocycles. The van der Waals surface area contributed by atoms with Crippen LogP contribution in [0.4, 0.5) is 4.39 Å². The average molecular weight is 237 g/mol. The Morgan fingerprint density at radius 1 is 1.41 bits per heavy atom. The third-order valence-electron chi connectivity index (χ3n) is 3.99. The van der Waals surface area contributed by atoms with Crippen LogP contribution in [0.25, 0.3) is 0 Å². The Morgan fingerprint density at radius 2 is 2.12 bits per heavy atom. The number of hydrogen-bond acceptors (Lipinski definition) is 2. The van der Waals surface area contributed by atoms with E-state index in [1.807, 2.05) is 0 Å². The van der Waals surface area contributed by atoms with Gasteiger partial charge in [0.2, 0.25) is 0 Å². The van der Waals surface area contributed by atoms with E-state index in [0.717, 1.165) is 30.6 Å². The fraction of sp³-hybridized carbons (Fsp3) is 0.571. The van der Waals surface area contributed by atoms with Gasteiger partial charge in [-0.2, -0.15) is 0 Å². The molecule has 17 heavy (non-hydrogen) atoms. The van der Waals surface area contributed by atoms with E-state index in [-0.39, 0.29) is 11.2 Å². The van der Waals surface area contributed by atoms with Gasteiger partial charge < -0.3 is 10.5 Å². The molecular formula is C14H20FNO. The van der Waals surface area contributed by atoms with Crippen molar-refractivity contribution in [3.63, 3.8) is 0 Å². The molecule has 0 atom stereocenters. The normalized spacial score (nSPS) is 17.6. The first-order chi connectivity index (χ1) is 8.13. The van der Waals surface area contributed by atoms with Crippen LogP contribution >= 0.6 is 0 Å². The Labute approximate surface area is 102 Å². The lowest BCUT2D eigenvalue weighted by Gasteiger charge is -2.43. The number of nitrogens with two attached hydrogens (primary N) is 1. The average Bonchev–Trinajstić information content (AvgIpc) is 2.27. The SMILES string of the molecule is COc1cc(C)c(F)cc1C1(CCN)CCC1. The highest BCUT2D eigenvalue weighted by Crippen LogP contribution is 2.49. The van der Waals surface area contributed by atoms with Crippen LogP contribution in [0.1, 0.15) is 36.8 Å². The van der Waals surface area contributed by atoms with Gasteiger partial charge in [0.1, 0.15) is 11.6 Å². The molecule has 1 aliphatic rings. The molecule has 1 aromatic carbocycles. The molecule has 94 valence electrons. The minimum absolute atomic E-state index is 0.0502. The second-order valence-corrected chi connectivity index (χ2v) is 4.97. The molecule has 0 bridgehead atoms. The zero-order valence-electron chi connectivity index (χ0n) is 10.6. The summed E-state index contributed by atoms with van der Waals surface area (Å²) in [6, 6.07) is 3.43. The van der Waals surface area contributed by atoms with Gasteiger partial charge in [0.05, 0.1) is 7.11 Å². The minimum Gasteiger partial charge on any atom is -0.496 e. The van der Waals surface area contributed by atoms with Crippen LogP contribution in [0.2, 0.25) is 0 Å². The smallest absolute Gasteiger partial charge is 0.126 e. The fourth-order valence-electron chi connectivity index (χ4n) is 2.77. The number of rotatable bonds is 4. The zero-order chi connectivity index (χ0) is 12.5. The maximum Gasteiger partial charge on any atom is 0.126 e. The lowest BCUT2D eigenvalue weighted by atomic mass is 9.62. The molecule has 2 nitrogen and oxygen atoms in total. The molecule has 1 aliphatic carbocycles. The summed E-state index contributed by atoms with van der Waals surface area (Å²) >= 11 is 0. The standard InChI is InChI=1S/C14H20FNO/c1-10-8-13(17-2)11(9-12(10)15)14(6-7-16)4-3-5-14/h8-9H,3-7,16H2,1-2H3. The highest BCUT2D eigenvalue weighted by molar-refractivity contribution is 5.44. The van der Waals surface area contributed by atoms with Gasteiger partial charge in [0.25, 0.3) is 0 Å². The largest absolute Gasteiger partial charge is 0.496 e. The molecule has 2 N–H and O–H groups in total. The van der Waals surface area contributed by atoms with Gasteiger partial charge in [-0.3, -0.25) is 0 Å². The van der Waals surface area contributed by atoms with Gasteiger partial charge in [0.15, 0.2) is 0 Å². The quantitative estimate of drug-likeness (QED) is 0.874. The molecule has 0 aliphatic heterocycles. The fourth-order valence-corrected chi connectivity index (χ4v) is 2.77. The zero-order valence-corrected chi connectivity index (χ0v) is 10.6. The molecule has 0 heterocycles. The van der Waals surface area contributed by atoms with E-state index in [4.69, 9.17) is 10.5 Å². The first-order valence-corrected chi connectivity index (χ1v) is 6.17. The first kappa shape index (κ1) is 12.4. The lowest BCUT2D eigenvalue weighted by Crippen LogP contribution is -2.36. The van der Waals surface area contributed by atoms with E-state index in [2.05, 4.69) is 0 Å². The van der Waals surface area contributed by atoms with Gasteiger partial charge in [-0.05, 0) is 50.4 Å². The van der Waals surface area contributed by atoms with Crippen LogP contribution in [-0.4, -0.2) is 13.7 Å². The summed E-state index contributed by atoms with van der Waals surface area (Å²) in [5, 5.41) is 0. The Hall–Kier alpha value is -1.09. The monoisotopic (exact) mass is 237 g/mol. The molecule has 0 saturated heterocycles. The maximum absolute atomic E-state index is 13.7. The van der Waals surface area contributed by atoms with Crippen molar-refractivity contribution in [2.75, 3.05) is 13.7 Å². The van der Waals surface area contributed by atoms with E-state index in [9.17, 15) is 4.39 Å². The summed E-state index contributed by atoms with van der Waals surface area (Å²) in [6.07, 6.45) is 4.27. The summed E-state index contributed by atoms with van der Waals surface area (Å²) in [5.74, 6) is 0.654. The Kier molecular flexibility index (Phi) is 3.38. The molecule has 0 unspecified atom stereocenters. The molecule has 0 radical (unpaired) electrons. The molecule has 3 heteroatoms. The number of methoxy groups -OCH3 is 1. The number of hydrogen-bond donors (Lipinski definition) is 1. The highest BCUT2D eigenvalue weighted by atomic mass is 19.1. The van der Waals surface area contributed by atoms with Crippen LogP contribution in [0.3, 0.4) is 0 Å². The van der Waals surface area contributed by atoms with Crippen molar-refractivity contribution in [2.45, 2.75) is 38.0 Å². The van der Waals surface area contributed by atoms with Crippen molar-refractivity contribution >= 4 is 0 Å². The van der Waals surface area contributed by atoms with Gasteiger partial charge in [-0.15, -0.1) is 0 Å².